The lowest BCUT2D eigenvalue weighted by Gasteiger charge is -2.40. The highest BCUT2D eigenvalue weighted by molar-refractivity contribution is 5.99. The molecule has 0 spiro atoms. The maximum atomic E-state index is 13.3. The number of hydrogen-bond acceptors (Lipinski definition) is 4. The first kappa shape index (κ1) is 15.8. The van der Waals surface area contributed by atoms with Crippen LogP contribution in [0.25, 0.3) is 0 Å². The van der Waals surface area contributed by atoms with Crippen molar-refractivity contribution in [1.29, 1.82) is 0 Å². The summed E-state index contributed by atoms with van der Waals surface area (Å²) in [6.07, 6.45) is 2.71. The van der Waals surface area contributed by atoms with Crippen LogP contribution in [-0.2, 0) is 20.7 Å². The van der Waals surface area contributed by atoms with Gasteiger partial charge in [-0.3, -0.25) is 14.7 Å². The van der Waals surface area contributed by atoms with Crippen LogP contribution in [0.15, 0.2) is 36.5 Å². The van der Waals surface area contributed by atoms with Crippen LogP contribution in [0.2, 0.25) is 0 Å². The average molecular weight is 340 g/mol. The fourth-order valence-electron chi connectivity index (χ4n) is 3.61. The number of H-pyrrole nitrogens is 1. The van der Waals surface area contributed by atoms with E-state index in [0.29, 0.717) is 6.54 Å². The second-order valence-electron chi connectivity index (χ2n) is 6.42. The molecular weight excluding hydrogens is 320 g/mol. The van der Waals surface area contributed by atoms with Crippen LogP contribution in [0, 0.1) is 0 Å². The van der Waals surface area contributed by atoms with Crippen LogP contribution >= 0.6 is 0 Å². The Morgan fingerprint density at radius 2 is 2.12 bits per heavy atom. The third-order valence-corrected chi connectivity index (χ3v) is 4.93. The normalized spacial score (nSPS) is 23.5. The van der Waals surface area contributed by atoms with E-state index in [-0.39, 0.29) is 18.4 Å². The van der Waals surface area contributed by atoms with Crippen molar-refractivity contribution in [1.82, 2.24) is 15.1 Å². The van der Waals surface area contributed by atoms with E-state index in [9.17, 15) is 9.59 Å². The lowest BCUT2D eigenvalue weighted by atomic mass is 9.96. The molecule has 130 valence electrons. The monoisotopic (exact) mass is 340 g/mol. The number of anilines is 1. The summed E-state index contributed by atoms with van der Waals surface area (Å²) >= 11 is 0. The van der Waals surface area contributed by atoms with E-state index in [1.54, 1.807) is 23.0 Å². The second kappa shape index (κ2) is 6.33. The number of aromatic nitrogens is 2. The van der Waals surface area contributed by atoms with Crippen molar-refractivity contribution < 1.29 is 14.3 Å². The van der Waals surface area contributed by atoms with E-state index in [1.165, 1.54) is 0 Å². The molecule has 25 heavy (non-hydrogen) atoms. The van der Waals surface area contributed by atoms with E-state index in [0.717, 1.165) is 29.8 Å². The van der Waals surface area contributed by atoms with Gasteiger partial charge >= 0.3 is 0 Å². The summed E-state index contributed by atoms with van der Waals surface area (Å²) in [5, 5.41) is 7.02. The maximum absolute atomic E-state index is 13.3. The van der Waals surface area contributed by atoms with Crippen molar-refractivity contribution in [3.05, 3.63) is 47.8 Å². The molecule has 2 aromatic rings. The van der Waals surface area contributed by atoms with Gasteiger partial charge in [0.05, 0.1) is 23.6 Å². The van der Waals surface area contributed by atoms with Gasteiger partial charge in [-0.15, -0.1) is 0 Å². The van der Waals surface area contributed by atoms with Crippen molar-refractivity contribution in [2.75, 3.05) is 25.1 Å². The lowest BCUT2D eigenvalue weighted by Crippen LogP contribution is -2.54. The number of likely N-dealkylation sites (N-methyl/N-ethyl adjacent to an activating group) is 1. The minimum atomic E-state index is -0.731. The Balaban J connectivity index is 1.68. The Hall–Kier alpha value is -2.67. The molecule has 2 aliphatic rings. The van der Waals surface area contributed by atoms with E-state index in [1.807, 2.05) is 30.3 Å². The molecule has 7 nitrogen and oxygen atoms in total. The van der Waals surface area contributed by atoms with Gasteiger partial charge in [-0.05, 0) is 18.4 Å². The standard InChI is InChI=1S/C18H20N4O3/c1-21-15(23)11-25-17(16(21)12-6-3-2-4-7-12)18(24)22-9-5-8-13-14(22)10-19-20-13/h2-4,6-7,10,16-17H,5,8-9,11H2,1H3,(H,19,20)/t16-,17+/m0/s1. The highest BCUT2D eigenvalue weighted by Crippen LogP contribution is 2.33. The maximum Gasteiger partial charge on any atom is 0.258 e. The highest BCUT2D eigenvalue weighted by atomic mass is 16.5. The largest absolute Gasteiger partial charge is 0.356 e. The van der Waals surface area contributed by atoms with Crippen molar-refractivity contribution >= 4 is 17.5 Å². The summed E-state index contributed by atoms with van der Waals surface area (Å²) in [6.45, 7) is 0.548. The van der Waals surface area contributed by atoms with Crippen LogP contribution in [-0.4, -0.2) is 53.2 Å². The molecule has 4 rings (SSSR count). The van der Waals surface area contributed by atoms with E-state index in [2.05, 4.69) is 10.2 Å². The number of nitrogens with zero attached hydrogens (tertiary/aromatic N) is 3. The number of amides is 2. The number of ether oxygens (including phenoxy) is 1. The second-order valence-corrected chi connectivity index (χ2v) is 6.42. The Morgan fingerprint density at radius 3 is 2.92 bits per heavy atom. The molecule has 1 fully saturated rings. The smallest absolute Gasteiger partial charge is 0.258 e. The number of carbonyl (C=O) groups is 2. The average Bonchev–Trinajstić information content (AvgIpc) is 3.12. The number of benzene rings is 1. The quantitative estimate of drug-likeness (QED) is 0.893. The van der Waals surface area contributed by atoms with Crippen molar-refractivity contribution in [2.24, 2.45) is 0 Å². The van der Waals surface area contributed by atoms with Gasteiger partial charge in [0.1, 0.15) is 6.61 Å². The van der Waals surface area contributed by atoms with Crippen LogP contribution < -0.4 is 4.90 Å². The summed E-state index contributed by atoms with van der Waals surface area (Å²) in [6, 6.07) is 9.12. The summed E-state index contributed by atoms with van der Waals surface area (Å²) in [5.74, 6) is -0.254. The topological polar surface area (TPSA) is 78.5 Å². The number of rotatable bonds is 2. The molecule has 1 saturated heterocycles. The summed E-state index contributed by atoms with van der Waals surface area (Å²) in [5.41, 5.74) is 2.67. The van der Waals surface area contributed by atoms with Crippen LogP contribution in [0.1, 0.15) is 23.7 Å². The molecule has 0 aliphatic carbocycles. The molecule has 0 unspecified atom stereocenters. The molecule has 1 aromatic carbocycles. The summed E-state index contributed by atoms with van der Waals surface area (Å²) < 4.78 is 5.72. The van der Waals surface area contributed by atoms with E-state index >= 15 is 0 Å². The Morgan fingerprint density at radius 1 is 1.32 bits per heavy atom. The van der Waals surface area contributed by atoms with Gasteiger partial charge in [0.25, 0.3) is 5.91 Å². The van der Waals surface area contributed by atoms with Crippen LogP contribution in [0.4, 0.5) is 5.69 Å². The highest BCUT2D eigenvalue weighted by Gasteiger charge is 2.42. The Kier molecular flexibility index (Phi) is 4.01. The van der Waals surface area contributed by atoms with E-state index in [4.69, 9.17) is 4.74 Å². The first-order chi connectivity index (χ1) is 12.2. The predicted octanol–water partition coefficient (Wildman–Crippen LogP) is 1.29. The summed E-state index contributed by atoms with van der Waals surface area (Å²) in [7, 11) is 1.72. The SMILES string of the molecule is CN1C(=O)CO[C@@H](C(=O)N2CCCc3[nH]ncc32)[C@@H]1c1ccccc1. The molecule has 1 aromatic heterocycles. The molecule has 7 heteroatoms. The van der Waals surface area contributed by atoms with Gasteiger partial charge in [-0.2, -0.15) is 5.10 Å². The van der Waals surface area contributed by atoms with E-state index < -0.39 is 12.1 Å². The van der Waals surface area contributed by atoms with Crippen LogP contribution in [0.5, 0.6) is 0 Å². The van der Waals surface area contributed by atoms with Crippen molar-refractivity contribution in [3.8, 4) is 0 Å². The molecule has 1 N–H and O–H groups in total. The number of morpholine rings is 1. The van der Waals surface area contributed by atoms with Gasteiger partial charge in [-0.1, -0.05) is 30.3 Å². The molecule has 2 aliphatic heterocycles. The number of fused-ring (bicyclic) bond motifs is 1. The molecule has 0 radical (unpaired) electrons. The molecular formula is C18H20N4O3. The lowest BCUT2D eigenvalue weighted by molar-refractivity contribution is -0.161. The summed E-state index contributed by atoms with van der Waals surface area (Å²) in [4.78, 5) is 28.8. The van der Waals surface area contributed by atoms with Gasteiger partial charge in [0.2, 0.25) is 5.91 Å². The fourth-order valence-corrected chi connectivity index (χ4v) is 3.61. The zero-order valence-corrected chi connectivity index (χ0v) is 14.0. The molecule has 2 amide bonds. The predicted molar refractivity (Wildman–Crippen MR) is 91.0 cm³/mol. The van der Waals surface area contributed by atoms with Gasteiger partial charge < -0.3 is 14.5 Å². The Labute approximate surface area is 145 Å². The minimum Gasteiger partial charge on any atom is -0.356 e. The number of aromatic amines is 1. The fraction of sp³-hybridized carbons (Fsp3) is 0.389. The van der Waals surface area contributed by atoms with Gasteiger partial charge in [0.15, 0.2) is 6.10 Å². The van der Waals surface area contributed by atoms with Crippen molar-refractivity contribution in [3.63, 3.8) is 0 Å². The number of carbonyl (C=O) groups excluding carboxylic acids is 2. The number of hydrogen-bond donors (Lipinski definition) is 1. The zero-order chi connectivity index (χ0) is 17.4. The zero-order valence-electron chi connectivity index (χ0n) is 14.0. The minimum absolute atomic E-state index is 0.0810. The molecule has 2 atom stereocenters. The molecule has 0 saturated carbocycles. The molecule has 0 bridgehead atoms. The van der Waals surface area contributed by atoms with Gasteiger partial charge in [0, 0.05) is 13.6 Å². The molecule has 3 heterocycles. The number of aryl methyl sites for hydroxylation is 1. The Bertz CT molecular complexity index is 789. The first-order valence-corrected chi connectivity index (χ1v) is 8.42. The number of nitrogens with one attached hydrogen (secondary N) is 1. The van der Waals surface area contributed by atoms with Crippen LogP contribution in [0.3, 0.4) is 0 Å². The first-order valence-electron chi connectivity index (χ1n) is 8.42. The van der Waals surface area contributed by atoms with Crippen molar-refractivity contribution in [2.45, 2.75) is 25.0 Å². The third-order valence-electron chi connectivity index (χ3n) is 4.93. The third kappa shape index (κ3) is 2.70. The van der Waals surface area contributed by atoms with Gasteiger partial charge in [-0.25, -0.2) is 0 Å².